The summed E-state index contributed by atoms with van der Waals surface area (Å²) in [5.41, 5.74) is 1.42. The third-order valence-corrected chi connectivity index (χ3v) is 5.74. The zero-order valence-corrected chi connectivity index (χ0v) is 18.1. The fourth-order valence-electron chi connectivity index (χ4n) is 3.59. The maximum atomic E-state index is 13.0. The largest absolute Gasteiger partial charge is 0.493 e. The number of hydrazone groups is 1. The molecule has 1 amide bonds. The molecular formula is C23H26N4O2S. The summed E-state index contributed by atoms with van der Waals surface area (Å²) in [5, 5.41) is 11.6. The third kappa shape index (κ3) is 4.07. The van der Waals surface area contributed by atoms with Gasteiger partial charge in [0.05, 0.1) is 12.0 Å². The summed E-state index contributed by atoms with van der Waals surface area (Å²) < 4.78 is 6.11. The average molecular weight is 423 g/mol. The Morgan fingerprint density at radius 2 is 1.90 bits per heavy atom. The molecular weight excluding hydrogens is 396 g/mol. The lowest BCUT2D eigenvalue weighted by atomic mass is 10.1. The van der Waals surface area contributed by atoms with Crippen LogP contribution < -0.4 is 20.6 Å². The predicted octanol–water partition coefficient (Wildman–Crippen LogP) is 3.15. The van der Waals surface area contributed by atoms with Crippen molar-refractivity contribution in [3.63, 3.8) is 0 Å². The molecule has 4 rings (SSSR count). The van der Waals surface area contributed by atoms with Crippen molar-refractivity contribution < 1.29 is 9.53 Å². The van der Waals surface area contributed by atoms with E-state index < -0.39 is 6.17 Å². The molecule has 6 nitrogen and oxygen atoms in total. The van der Waals surface area contributed by atoms with E-state index >= 15 is 0 Å². The molecule has 7 heteroatoms. The Hall–Kier alpha value is -2.80. The van der Waals surface area contributed by atoms with Gasteiger partial charge in [-0.1, -0.05) is 74.8 Å². The van der Waals surface area contributed by atoms with Gasteiger partial charge in [0.25, 0.3) is 5.91 Å². The Bertz CT molecular complexity index is 1080. The first kappa shape index (κ1) is 20.5. The van der Waals surface area contributed by atoms with Gasteiger partial charge in [0.1, 0.15) is 11.4 Å². The van der Waals surface area contributed by atoms with Gasteiger partial charge in [-0.2, -0.15) is 0 Å². The van der Waals surface area contributed by atoms with Crippen molar-refractivity contribution in [2.24, 2.45) is 10.1 Å². The van der Waals surface area contributed by atoms with Gasteiger partial charge >= 0.3 is 0 Å². The number of nitrogens with zero attached hydrogens (tertiary/aromatic N) is 3. The van der Waals surface area contributed by atoms with Crippen molar-refractivity contribution in [3.05, 3.63) is 64.7 Å². The highest BCUT2D eigenvalue weighted by atomic mass is 32.2. The van der Waals surface area contributed by atoms with Crippen LogP contribution in [0.5, 0.6) is 5.75 Å². The number of carbonyl (C=O) groups excluding carboxylic acids is 1. The number of fused-ring (bicyclic) bond motifs is 2. The van der Waals surface area contributed by atoms with Gasteiger partial charge in [-0.25, -0.2) is 5.01 Å². The molecule has 1 N–H and O–H groups in total. The SMILES string of the molecule is CCCCCOc1ccccc1[C@@H]1N=c2ccccc2=C2C(=O)NC(SCC)=NN21. The molecule has 30 heavy (non-hydrogen) atoms. The molecule has 2 aromatic rings. The smallest absolute Gasteiger partial charge is 0.276 e. The number of rotatable bonds is 7. The summed E-state index contributed by atoms with van der Waals surface area (Å²) >= 11 is 1.50. The molecule has 0 saturated carbocycles. The second-order valence-electron chi connectivity index (χ2n) is 7.10. The van der Waals surface area contributed by atoms with Crippen molar-refractivity contribution >= 4 is 28.5 Å². The minimum absolute atomic E-state index is 0.158. The molecule has 1 atom stereocenters. The molecule has 0 saturated heterocycles. The Balaban J connectivity index is 1.80. The van der Waals surface area contributed by atoms with E-state index in [1.54, 1.807) is 5.01 Å². The van der Waals surface area contributed by atoms with Crippen LogP contribution in [0.2, 0.25) is 0 Å². The molecule has 0 fully saturated rings. The van der Waals surface area contributed by atoms with Crippen LogP contribution in [0.1, 0.15) is 44.8 Å². The first-order valence-corrected chi connectivity index (χ1v) is 11.4. The first-order valence-electron chi connectivity index (χ1n) is 10.4. The zero-order valence-electron chi connectivity index (χ0n) is 17.3. The van der Waals surface area contributed by atoms with Crippen molar-refractivity contribution in [1.82, 2.24) is 10.3 Å². The maximum Gasteiger partial charge on any atom is 0.276 e. The minimum Gasteiger partial charge on any atom is -0.493 e. The molecule has 2 aliphatic rings. The van der Waals surface area contributed by atoms with E-state index in [1.807, 2.05) is 55.5 Å². The van der Waals surface area contributed by atoms with E-state index in [0.29, 0.717) is 17.5 Å². The molecule has 0 aromatic heterocycles. The van der Waals surface area contributed by atoms with Crippen LogP contribution in [-0.2, 0) is 4.79 Å². The fourth-order valence-corrected chi connectivity index (χ4v) is 4.18. The molecule has 0 radical (unpaired) electrons. The van der Waals surface area contributed by atoms with E-state index in [1.165, 1.54) is 11.8 Å². The summed E-state index contributed by atoms with van der Waals surface area (Å²) in [5.74, 6) is 1.44. The van der Waals surface area contributed by atoms with Gasteiger partial charge < -0.3 is 4.74 Å². The van der Waals surface area contributed by atoms with Gasteiger partial charge in [-0.15, -0.1) is 5.10 Å². The molecule has 0 spiro atoms. The van der Waals surface area contributed by atoms with Crippen molar-refractivity contribution in [2.45, 2.75) is 39.3 Å². The number of nitrogens with one attached hydrogen (secondary N) is 1. The molecule has 0 bridgehead atoms. The normalized spacial score (nSPS) is 17.5. The summed E-state index contributed by atoms with van der Waals surface area (Å²) in [6, 6.07) is 15.6. The lowest BCUT2D eigenvalue weighted by Gasteiger charge is -2.34. The second-order valence-corrected chi connectivity index (χ2v) is 8.35. The predicted molar refractivity (Wildman–Crippen MR) is 120 cm³/mol. The molecule has 156 valence electrons. The standard InChI is InChI=1S/C23H26N4O2S/c1-3-5-10-15-29-19-14-9-7-12-17(19)21-24-18-13-8-6-11-16(18)20-22(28)25-23(30-4-2)26-27(20)21/h6-9,11-14,21H,3-5,10,15H2,1-2H3,(H,25,26,28)/t21-/m1/s1. The van der Waals surface area contributed by atoms with Gasteiger partial charge in [-0.3, -0.25) is 15.1 Å². The zero-order chi connectivity index (χ0) is 20.9. The van der Waals surface area contributed by atoms with Crippen LogP contribution in [0, 0.1) is 0 Å². The van der Waals surface area contributed by atoms with Crippen LogP contribution in [0.3, 0.4) is 0 Å². The van der Waals surface area contributed by atoms with Gasteiger partial charge in [0.2, 0.25) is 0 Å². The lowest BCUT2D eigenvalue weighted by Crippen LogP contribution is -2.50. The Morgan fingerprint density at radius 3 is 2.73 bits per heavy atom. The highest BCUT2D eigenvalue weighted by Crippen LogP contribution is 2.35. The Morgan fingerprint density at radius 1 is 1.10 bits per heavy atom. The van der Waals surface area contributed by atoms with E-state index in [0.717, 1.165) is 46.9 Å². The average Bonchev–Trinajstić information content (AvgIpc) is 2.76. The van der Waals surface area contributed by atoms with E-state index in [4.69, 9.17) is 14.8 Å². The number of ether oxygens (including phenoxy) is 1. The molecule has 0 unspecified atom stereocenters. The molecule has 2 aromatic carbocycles. The molecule has 2 aliphatic heterocycles. The number of amidine groups is 1. The van der Waals surface area contributed by atoms with Gasteiger partial charge in [-0.05, 0) is 24.3 Å². The van der Waals surface area contributed by atoms with Gasteiger partial charge in [0, 0.05) is 10.8 Å². The quantitative estimate of drug-likeness (QED) is 0.696. The minimum atomic E-state index is -0.462. The topological polar surface area (TPSA) is 66.3 Å². The number of amides is 1. The number of benzene rings is 2. The van der Waals surface area contributed by atoms with Crippen molar-refractivity contribution in [1.29, 1.82) is 0 Å². The Labute approximate surface area is 180 Å². The van der Waals surface area contributed by atoms with E-state index in [-0.39, 0.29) is 5.91 Å². The van der Waals surface area contributed by atoms with Gasteiger partial charge in [0.15, 0.2) is 11.3 Å². The summed E-state index contributed by atoms with van der Waals surface area (Å²) in [4.78, 5) is 18.0. The van der Waals surface area contributed by atoms with E-state index in [2.05, 4.69) is 12.2 Å². The third-order valence-electron chi connectivity index (χ3n) is 5.00. The monoisotopic (exact) mass is 422 g/mol. The molecule has 0 aliphatic carbocycles. The highest BCUT2D eigenvalue weighted by Gasteiger charge is 2.35. The Kier molecular flexibility index (Phi) is 6.38. The van der Waals surface area contributed by atoms with E-state index in [9.17, 15) is 4.79 Å². The van der Waals surface area contributed by atoms with Crippen LogP contribution in [0.15, 0.2) is 58.6 Å². The summed E-state index contributed by atoms with van der Waals surface area (Å²) in [7, 11) is 0. The number of carbonyl (C=O) groups is 1. The molecule has 2 heterocycles. The fraction of sp³-hybridized carbons (Fsp3) is 0.348. The number of hydrogen-bond acceptors (Lipinski definition) is 6. The van der Waals surface area contributed by atoms with Crippen LogP contribution in [-0.4, -0.2) is 28.4 Å². The summed E-state index contributed by atoms with van der Waals surface area (Å²) in [6.45, 7) is 4.87. The van der Waals surface area contributed by atoms with Crippen LogP contribution >= 0.6 is 11.8 Å². The summed E-state index contributed by atoms with van der Waals surface area (Å²) in [6.07, 6.45) is 2.83. The number of thioether (sulfide) groups is 1. The van der Waals surface area contributed by atoms with Crippen molar-refractivity contribution in [2.75, 3.05) is 12.4 Å². The first-order chi connectivity index (χ1) is 14.7. The van der Waals surface area contributed by atoms with Crippen LogP contribution in [0.4, 0.5) is 0 Å². The number of unbranched alkanes of at least 4 members (excludes halogenated alkanes) is 2. The lowest BCUT2D eigenvalue weighted by molar-refractivity contribution is -0.116. The van der Waals surface area contributed by atoms with Crippen LogP contribution in [0.25, 0.3) is 5.70 Å². The second kappa shape index (κ2) is 9.34. The highest BCUT2D eigenvalue weighted by molar-refractivity contribution is 8.13. The number of hydrogen-bond donors (Lipinski definition) is 1. The van der Waals surface area contributed by atoms with Crippen molar-refractivity contribution in [3.8, 4) is 5.75 Å². The number of para-hydroxylation sites is 2. The maximum absolute atomic E-state index is 13.0.